The highest BCUT2D eigenvalue weighted by Crippen LogP contribution is 2.23. The molecule has 3 rings (SSSR count). The van der Waals surface area contributed by atoms with Crippen molar-refractivity contribution in [2.24, 2.45) is 5.16 Å². The van der Waals surface area contributed by atoms with E-state index in [-0.39, 0.29) is 13.0 Å². The fourth-order valence-electron chi connectivity index (χ4n) is 2.78. The molecule has 0 saturated carbocycles. The normalized spacial score (nSPS) is 16.6. The molecule has 142 valence electrons. The Morgan fingerprint density at radius 1 is 1.15 bits per heavy atom. The highest BCUT2D eigenvalue weighted by molar-refractivity contribution is 6.04. The second kappa shape index (κ2) is 7.77. The average Bonchev–Trinajstić information content (AvgIpc) is 3.10. The highest BCUT2D eigenvalue weighted by Gasteiger charge is 2.38. The Balaban J connectivity index is 1.72. The number of alkyl halides is 3. The van der Waals surface area contributed by atoms with Crippen molar-refractivity contribution < 1.29 is 27.2 Å². The second-order valence-corrected chi connectivity index (χ2v) is 6.14. The SMILES string of the molecule is O=C(C1CC(c2cccc(F)c2)=NO1)N(Cc1ccccc1)CC(F)(F)F. The van der Waals surface area contributed by atoms with Crippen molar-refractivity contribution in [3.63, 3.8) is 0 Å². The molecule has 1 aliphatic rings. The maximum Gasteiger partial charge on any atom is 0.406 e. The zero-order chi connectivity index (χ0) is 19.4. The third kappa shape index (κ3) is 5.06. The zero-order valence-corrected chi connectivity index (χ0v) is 14.1. The Morgan fingerprint density at radius 3 is 2.56 bits per heavy atom. The maximum absolute atomic E-state index is 13.3. The summed E-state index contributed by atoms with van der Waals surface area (Å²) in [5.41, 5.74) is 1.31. The predicted molar refractivity (Wildman–Crippen MR) is 90.3 cm³/mol. The summed E-state index contributed by atoms with van der Waals surface area (Å²) in [6.07, 6.45) is -5.74. The molecule has 0 aliphatic carbocycles. The van der Waals surface area contributed by atoms with E-state index in [9.17, 15) is 22.4 Å². The smallest absolute Gasteiger partial charge is 0.382 e. The first-order valence-electron chi connectivity index (χ1n) is 8.20. The molecule has 0 saturated heterocycles. The van der Waals surface area contributed by atoms with Crippen molar-refractivity contribution >= 4 is 11.6 Å². The Bertz CT molecular complexity index is 837. The lowest BCUT2D eigenvalue weighted by molar-refractivity contribution is -0.168. The minimum Gasteiger partial charge on any atom is -0.382 e. The first-order chi connectivity index (χ1) is 12.8. The molecule has 0 bridgehead atoms. The Kier molecular flexibility index (Phi) is 5.43. The van der Waals surface area contributed by atoms with Crippen LogP contribution < -0.4 is 0 Å². The molecule has 2 aromatic carbocycles. The van der Waals surface area contributed by atoms with Crippen molar-refractivity contribution in [2.45, 2.75) is 25.2 Å². The Hall–Kier alpha value is -2.90. The lowest BCUT2D eigenvalue weighted by Crippen LogP contribution is -2.43. The van der Waals surface area contributed by atoms with Crippen LogP contribution in [0.25, 0.3) is 0 Å². The highest BCUT2D eigenvalue weighted by atomic mass is 19.4. The van der Waals surface area contributed by atoms with Crippen molar-refractivity contribution in [3.8, 4) is 0 Å². The molecule has 0 aromatic heterocycles. The van der Waals surface area contributed by atoms with Gasteiger partial charge in [-0.05, 0) is 17.7 Å². The van der Waals surface area contributed by atoms with Crippen molar-refractivity contribution in [1.82, 2.24) is 4.90 Å². The van der Waals surface area contributed by atoms with Gasteiger partial charge in [-0.1, -0.05) is 47.6 Å². The first-order valence-corrected chi connectivity index (χ1v) is 8.20. The van der Waals surface area contributed by atoms with Crippen molar-refractivity contribution in [2.75, 3.05) is 6.54 Å². The van der Waals surface area contributed by atoms with Crippen LogP contribution in [0.5, 0.6) is 0 Å². The van der Waals surface area contributed by atoms with Gasteiger partial charge in [-0.3, -0.25) is 4.79 Å². The van der Waals surface area contributed by atoms with Gasteiger partial charge in [0.25, 0.3) is 5.91 Å². The van der Waals surface area contributed by atoms with E-state index in [1.165, 1.54) is 18.2 Å². The van der Waals surface area contributed by atoms with Crippen LogP contribution in [0, 0.1) is 5.82 Å². The molecule has 4 nitrogen and oxygen atoms in total. The average molecular weight is 380 g/mol. The molecule has 1 aliphatic heterocycles. The van der Waals surface area contributed by atoms with E-state index in [0.717, 1.165) is 0 Å². The summed E-state index contributed by atoms with van der Waals surface area (Å²) in [4.78, 5) is 18.4. The molecular formula is C19H16F4N2O2. The van der Waals surface area contributed by atoms with Crippen LogP contribution in [0.15, 0.2) is 59.8 Å². The largest absolute Gasteiger partial charge is 0.406 e. The number of hydrogen-bond acceptors (Lipinski definition) is 3. The number of oxime groups is 1. The van der Waals surface area contributed by atoms with E-state index in [4.69, 9.17) is 4.84 Å². The summed E-state index contributed by atoms with van der Waals surface area (Å²) >= 11 is 0. The number of halogens is 4. The molecular weight excluding hydrogens is 364 g/mol. The number of carbonyl (C=O) groups excluding carboxylic acids is 1. The summed E-state index contributed by atoms with van der Waals surface area (Å²) in [6, 6.07) is 13.9. The van der Waals surface area contributed by atoms with Gasteiger partial charge in [-0.2, -0.15) is 13.2 Å². The van der Waals surface area contributed by atoms with Crippen LogP contribution in [-0.2, 0) is 16.2 Å². The van der Waals surface area contributed by atoms with E-state index >= 15 is 0 Å². The van der Waals surface area contributed by atoms with Crippen LogP contribution in [-0.4, -0.2) is 35.3 Å². The van der Waals surface area contributed by atoms with Gasteiger partial charge in [0.1, 0.15) is 12.4 Å². The number of hydrogen-bond donors (Lipinski definition) is 0. The van der Waals surface area contributed by atoms with Gasteiger partial charge < -0.3 is 9.74 Å². The van der Waals surface area contributed by atoms with Crippen LogP contribution in [0.4, 0.5) is 17.6 Å². The van der Waals surface area contributed by atoms with Gasteiger partial charge in [0.05, 0.1) is 5.71 Å². The summed E-state index contributed by atoms with van der Waals surface area (Å²) < 4.78 is 52.1. The molecule has 27 heavy (non-hydrogen) atoms. The molecule has 1 atom stereocenters. The van der Waals surface area contributed by atoms with E-state index in [2.05, 4.69) is 5.16 Å². The number of benzene rings is 2. The summed E-state index contributed by atoms with van der Waals surface area (Å²) in [6.45, 7) is -1.59. The fourth-order valence-corrected chi connectivity index (χ4v) is 2.78. The molecule has 1 heterocycles. The minimum absolute atomic E-state index is 0.0224. The van der Waals surface area contributed by atoms with E-state index in [0.29, 0.717) is 21.7 Å². The third-order valence-corrected chi connectivity index (χ3v) is 4.00. The molecule has 8 heteroatoms. The quantitative estimate of drug-likeness (QED) is 0.738. The molecule has 0 radical (unpaired) electrons. The van der Waals surface area contributed by atoms with Gasteiger partial charge in [0, 0.05) is 18.5 Å². The Morgan fingerprint density at radius 2 is 1.89 bits per heavy atom. The standard InChI is InChI=1S/C19H16F4N2O2/c20-15-8-4-7-14(9-15)16-10-17(27-24-16)18(26)25(12-19(21,22)23)11-13-5-2-1-3-6-13/h1-9,17H,10-12H2. The number of amides is 1. The second-order valence-electron chi connectivity index (χ2n) is 6.14. The van der Waals surface area contributed by atoms with E-state index in [1.54, 1.807) is 36.4 Å². The van der Waals surface area contributed by atoms with Gasteiger partial charge in [0.15, 0.2) is 0 Å². The fraction of sp³-hybridized carbons (Fsp3) is 0.263. The molecule has 1 amide bonds. The van der Waals surface area contributed by atoms with Gasteiger partial charge >= 0.3 is 6.18 Å². The molecule has 1 unspecified atom stereocenters. The molecule has 0 N–H and O–H groups in total. The molecule has 2 aromatic rings. The summed E-state index contributed by atoms with van der Waals surface area (Å²) in [5.74, 6) is -1.29. The maximum atomic E-state index is 13.3. The van der Waals surface area contributed by atoms with Crippen LogP contribution in [0.3, 0.4) is 0 Å². The predicted octanol–water partition coefficient (Wildman–Crippen LogP) is 3.91. The third-order valence-electron chi connectivity index (χ3n) is 4.00. The topological polar surface area (TPSA) is 41.9 Å². The van der Waals surface area contributed by atoms with Crippen molar-refractivity contribution in [3.05, 3.63) is 71.5 Å². The summed E-state index contributed by atoms with van der Waals surface area (Å²) in [5, 5.41) is 3.76. The molecule has 0 fully saturated rings. The first kappa shape index (κ1) is 18.9. The van der Waals surface area contributed by atoms with Gasteiger partial charge in [-0.15, -0.1) is 0 Å². The van der Waals surface area contributed by atoms with Gasteiger partial charge in [0.2, 0.25) is 6.10 Å². The minimum atomic E-state index is -4.55. The van der Waals surface area contributed by atoms with Crippen LogP contribution >= 0.6 is 0 Å². The summed E-state index contributed by atoms with van der Waals surface area (Å²) in [7, 11) is 0. The number of nitrogens with zero attached hydrogens (tertiary/aromatic N) is 2. The van der Waals surface area contributed by atoms with E-state index < -0.39 is 30.5 Å². The molecule has 0 spiro atoms. The number of carbonyl (C=O) groups is 1. The van der Waals surface area contributed by atoms with Crippen LogP contribution in [0.1, 0.15) is 17.5 Å². The lowest BCUT2D eigenvalue weighted by atomic mass is 10.0. The Labute approximate surface area is 153 Å². The van der Waals surface area contributed by atoms with Crippen molar-refractivity contribution in [1.29, 1.82) is 0 Å². The lowest BCUT2D eigenvalue weighted by Gasteiger charge is -2.25. The van der Waals surface area contributed by atoms with Gasteiger partial charge in [-0.25, -0.2) is 4.39 Å². The van der Waals surface area contributed by atoms with Crippen LogP contribution in [0.2, 0.25) is 0 Å². The zero-order valence-electron chi connectivity index (χ0n) is 14.1. The van der Waals surface area contributed by atoms with E-state index in [1.807, 2.05) is 0 Å². The number of rotatable bonds is 5. The monoisotopic (exact) mass is 380 g/mol.